The van der Waals surface area contributed by atoms with Crippen molar-refractivity contribution in [2.75, 3.05) is 26.3 Å². The molecular formula is C20H31N3O2. The van der Waals surface area contributed by atoms with Gasteiger partial charge in [-0.1, -0.05) is 25.5 Å². The third-order valence-corrected chi connectivity index (χ3v) is 5.33. The summed E-state index contributed by atoms with van der Waals surface area (Å²) in [5, 5.41) is 10.3. The van der Waals surface area contributed by atoms with Gasteiger partial charge in [0, 0.05) is 37.3 Å². The summed E-state index contributed by atoms with van der Waals surface area (Å²) in [6.07, 6.45) is 4.71. The van der Waals surface area contributed by atoms with Crippen molar-refractivity contribution in [1.82, 2.24) is 16.0 Å². The minimum absolute atomic E-state index is 0.0194. The zero-order chi connectivity index (χ0) is 17.5. The molecule has 1 aliphatic carbocycles. The minimum atomic E-state index is 0.0194. The van der Waals surface area contributed by atoms with Crippen LogP contribution in [0.2, 0.25) is 0 Å². The van der Waals surface area contributed by atoms with Gasteiger partial charge in [-0.2, -0.15) is 0 Å². The number of morpholine rings is 1. The molecule has 3 unspecified atom stereocenters. The molecule has 0 aromatic heterocycles. The molecule has 2 fully saturated rings. The molecule has 2 aliphatic rings. The topological polar surface area (TPSA) is 62.4 Å². The molecule has 138 valence electrons. The van der Waals surface area contributed by atoms with Gasteiger partial charge >= 0.3 is 0 Å². The van der Waals surface area contributed by atoms with Crippen LogP contribution in [0.3, 0.4) is 0 Å². The van der Waals surface area contributed by atoms with E-state index in [9.17, 15) is 4.79 Å². The van der Waals surface area contributed by atoms with E-state index in [1.807, 2.05) is 18.2 Å². The fourth-order valence-electron chi connectivity index (χ4n) is 4.00. The number of hydrogen-bond donors (Lipinski definition) is 3. The van der Waals surface area contributed by atoms with Gasteiger partial charge in [0.15, 0.2) is 0 Å². The van der Waals surface area contributed by atoms with E-state index in [1.54, 1.807) is 0 Å². The Kier molecular flexibility index (Phi) is 6.84. The molecule has 1 amide bonds. The Morgan fingerprint density at radius 2 is 2.28 bits per heavy atom. The van der Waals surface area contributed by atoms with Crippen LogP contribution < -0.4 is 16.0 Å². The summed E-state index contributed by atoms with van der Waals surface area (Å²) in [5.74, 6) is 0.655. The Labute approximate surface area is 150 Å². The molecule has 0 spiro atoms. The first-order chi connectivity index (χ1) is 12.3. The maximum absolute atomic E-state index is 12.1. The average molecular weight is 345 g/mol. The van der Waals surface area contributed by atoms with Crippen molar-refractivity contribution in [2.24, 2.45) is 5.92 Å². The highest BCUT2D eigenvalue weighted by Gasteiger charge is 2.34. The smallest absolute Gasteiger partial charge is 0.251 e. The molecule has 1 aromatic rings. The molecule has 1 saturated carbocycles. The highest BCUT2D eigenvalue weighted by molar-refractivity contribution is 5.94. The Balaban J connectivity index is 1.54. The van der Waals surface area contributed by atoms with Crippen LogP contribution in [0.1, 0.15) is 48.5 Å². The van der Waals surface area contributed by atoms with Crippen LogP contribution in [0.4, 0.5) is 0 Å². The van der Waals surface area contributed by atoms with Crippen molar-refractivity contribution in [1.29, 1.82) is 0 Å². The molecule has 1 aliphatic heterocycles. The lowest BCUT2D eigenvalue weighted by Gasteiger charge is -2.33. The maximum Gasteiger partial charge on any atom is 0.251 e. The van der Waals surface area contributed by atoms with Crippen molar-refractivity contribution in [3.63, 3.8) is 0 Å². The third-order valence-electron chi connectivity index (χ3n) is 5.33. The Hall–Kier alpha value is -1.43. The van der Waals surface area contributed by atoms with Crippen molar-refractivity contribution < 1.29 is 9.53 Å². The predicted molar refractivity (Wildman–Crippen MR) is 99.6 cm³/mol. The zero-order valence-electron chi connectivity index (χ0n) is 15.2. The summed E-state index contributed by atoms with van der Waals surface area (Å²) in [6, 6.07) is 8.95. The van der Waals surface area contributed by atoms with Crippen LogP contribution in [0.15, 0.2) is 24.3 Å². The minimum Gasteiger partial charge on any atom is -0.379 e. The number of carbonyl (C=O) groups excluding carboxylic acids is 1. The first-order valence-electron chi connectivity index (χ1n) is 9.69. The van der Waals surface area contributed by atoms with E-state index in [-0.39, 0.29) is 5.91 Å². The van der Waals surface area contributed by atoms with E-state index in [2.05, 4.69) is 28.9 Å². The van der Waals surface area contributed by atoms with Gasteiger partial charge < -0.3 is 20.7 Å². The van der Waals surface area contributed by atoms with E-state index in [0.29, 0.717) is 18.0 Å². The Morgan fingerprint density at radius 3 is 3.08 bits per heavy atom. The number of rotatable bonds is 7. The van der Waals surface area contributed by atoms with Crippen molar-refractivity contribution in [2.45, 2.75) is 51.2 Å². The van der Waals surface area contributed by atoms with Crippen LogP contribution in [0.5, 0.6) is 0 Å². The van der Waals surface area contributed by atoms with Crippen LogP contribution in [0.25, 0.3) is 0 Å². The molecule has 0 radical (unpaired) electrons. The lowest BCUT2D eigenvalue weighted by molar-refractivity contribution is 0.0524. The molecule has 3 rings (SSSR count). The summed E-state index contributed by atoms with van der Waals surface area (Å²) in [4.78, 5) is 12.1. The van der Waals surface area contributed by atoms with E-state index < -0.39 is 0 Å². The number of ether oxygens (including phenoxy) is 1. The van der Waals surface area contributed by atoms with Crippen LogP contribution in [-0.2, 0) is 11.3 Å². The van der Waals surface area contributed by atoms with E-state index in [4.69, 9.17) is 4.74 Å². The lowest BCUT2D eigenvalue weighted by Crippen LogP contribution is -2.50. The highest BCUT2D eigenvalue weighted by Crippen LogP contribution is 2.29. The van der Waals surface area contributed by atoms with Gasteiger partial charge in [0.25, 0.3) is 5.91 Å². The molecule has 1 heterocycles. The lowest BCUT2D eigenvalue weighted by atomic mass is 9.94. The molecule has 1 saturated heterocycles. The molecule has 3 N–H and O–H groups in total. The first-order valence-corrected chi connectivity index (χ1v) is 9.69. The Morgan fingerprint density at radius 1 is 1.36 bits per heavy atom. The largest absolute Gasteiger partial charge is 0.379 e. The zero-order valence-corrected chi connectivity index (χ0v) is 15.2. The molecule has 1 aromatic carbocycles. The summed E-state index contributed by atoms with van der Waals surface area (Å²) >= 11 is 0. The molecule has 3 atom stereocenters. The number of hydrogen-bond acceptors (Lipinski definition) is 4. The van der Waals surface area contributed by atoms with Gasteiger partial charge in [0.1, 0.15) is 0 Å². The molecular weight excluding hydrogens is 314 g/mol. The summed E-state index contributed by atoms with van der Waals surface area (Å²) in [7, 11) is 0. The van der Waals surface area contributed by atoms with Crippen molar-refractivity contribution in [3.8, 4) is 0 Å². The van der Waals surface area contributed by atoms with Gasteiger partial charge in [-0.3, -0.25) is 4.79 Å². The predicted octanol–water partition coefficient (Wildman–Crippen LogP) is 2.07. The standard InChI is InChI=1S/C20H31N3O2/c1-2-9-22-20(24)16-6-3-5-15(12-16)13-23-18-8-4-7-17(18)19-14-25-11-10-21-19/h3,5-6,12,17-19,21,23H,2,4,7-11,13-14H2,1H3,(H,22,24). The fourth-order valence-corrected chi connectivity index (χ4v) is 4.00. The van der Waals surface area contributed by atoms with Gasteiger partial charge in [-0.05, 0) is 42.9 Å². The van der Waals surface area contributed by atoms with Crippen molar-refractivity contribution >= 4 is 5.91 Å². The normalized spacial score (nSPS) is 26.5. The fraction of sp³-hybridized carbons (Fsp3) is 0.650. The SMILES string of the molecule is CCCNC(=O)c1cccc(CNC2CCCC2C2COCCN2)c1. The monoisotopic (exact) mass is 345 g/mol. The second-order valence-corrected chi connectivity index (χ2v) is 7.17. The van der Waals surface area contributed by atoms with Crippen LogP contribution in [0, 0.1) is 5.92 Å². The highest BCUT2D eigenvalue weighted by atomic mass is 16.5. The van der Waals surface area contributed by atoms with Crippen LogP contribution >= 0.6 is 0 Å². The summed E-state index contributed by atoms with van der Waals surface area (Å²) < 4.78 is 5.65. The van der Waals surface area contributed by atoms with Gasteiger partial charge in [0.05, 0.1) is 13.2 Å². The van der Waals surface area contributed by atoms with Gasteiger partial charge in [-0.25, -0.2) is 0 Å². The molecule has 5 heteroatoms. The molecule has 25 heavy (non-hydrogen) atoms. The maximum atomic E-state index is 12.1. The van der Waals surface area contributed by atoms with E-state index in [0.717, 1.165) is 44.8 Å². The number of benzene rings is 1. The third kappa shape index (κ3) is 5.03. The van der Waals surface area contributed by atoms with E-state index >= 15 is 0 Å². The summed E-state index contributed by atoms with van der Waals surface area (Å²) in [6.45, 7) is 6.21. The molecule has 5 nitrogen and oxygen atoms in total. The average Bonchev–Trinajstić information content (AvgIpc) is 3.14. The summed E-state index contributed by atoms with van der Waals surface area (Å²) in [5.41, 5.74) is 1.92. The van der Waals surface area contributed by atoms with Gasteiger partial charge in [-0.15, -0.1) is 0 Å². The second-order valence-electron chi connectivity index (χ2n) is 7.17. The quantitative estimate of drug-likeness (QED) is 0.708. The molecule has 0 bridgehead atoms. The Bertz CT molecular complexity index is 558. The number of amides is 1. The first kappa shape index (κ1) is 18.4. The number of carbonyl (C=O) groups is 1. The van der Waals surface area contributed by atoms with Gasteiger partial charge in [0.2, 0.25) is 0 Å². The van der Waals surface area contributed by atoms with Crippen molar-refractivity contribution in [3.05, 3.63) is 35.4 Å². The van der Waals surface area contributed by atoms with Crippen LogP contribution in [-0.4, -0.2) is 44.3 Å². The second kappa shape index (κ2) is 9.32. The van der Waals surface area contributed by atoms with E-state index in [1.165, 1.54) is 24.8 Å². The number of nitrogens with one attached hydrogen (secondary N) is 3.